The van der Waals surface area contributed by atoms with E-state index in [9.17, 15) is 5.26 Å². The third kappa shape index (κ3) is 2.71. The van der Waals surface area contributed by atoms with Gasteiger partial charge in [-0.1, -0.05) is 97.9 Å². The number of nitriles is 1. The lowest BCUT2D eigenvalue weighted by molar-refractivity contribution is 1.32. The highest BCUT2D eigenvalue weighted by Gasteiger charge is 2.28. The molecule has 0 spiro atoms. The molecule has 0 amide bonds. The number of nitrogens with zero attached hydrogens (tertiary/aromatic N) is 1. The molecule has 3 rings (SSSR count). The molecule has 0 heterocycles. The monoisotopic (exact) mass is 329 g/mol. The van der Waals surface area contributed by atoms with E-state index in [1.165, 1.54) is 15.9 Å². The lowest BCUT2D eigenvalue weighted by Crippen LogP contribution is -2.29. The highest BCUT2D eigenvalue weighted by atomic mass is 31.2. The van der Waals surface area contributed by atoms with Gasteiger partial charge in [-0.25, -0.2) is 0 Å². The maximum absolute atomic E-state index is 9.99. The van der Waals surface area contributed by atoms with Crippen LogP contribution in [0.2, 0.25) is 0 Å². The highest BCUT2D eigenvalue weighted by Crippen LogP contribution is 2.46. The first kappa shape index (κ1) is 16.3. The summed E-state index contributed by atoms with van der Waals surface area (Å²) < 4.78 is 0. The van der Waals surface area contributed by atoms with Crippen molar-refractivity contribution in [3.8, 4) is 6.07 Å². The summed E-state index contributed by atoms with van der Waals surface area (Å²) in [5, 5.41) is 14.7. The van der Waals surface area contributed by atoms with Crippen LogP contribution in [0.3, 0.4) is 0 Å². The van der Waals surface area contributed by atoms with Crippen LogP contribution < -0.4 is 15.9 Å². The number of rotatable bonds is 4. The van der Waals surface area contributed by atoms with Gasteiger partial charge in [0.15, 0.2) is 0 Å². The standard InChI is InChI=1S/C22H20NP/c1-2-19(18-23)24(20-12-6-3-7-13-20,21-14-8-4-9-15-21)22-16-10-5-11-17-22/h3-17H,2H2,1H3. The molecule has 0 atom stereocenters. The summed E-state index contributed by atoms with van der Waals surface area (Å²) in [4.78, 5) is 0. The van der Waals surface area contributed by atoms with E-state index >= 15 is 0 Å². The van der Waals surface area contributed by atoms with Crippen molar-refractivity contribution >= 4 is 28.1 Å². The van der Waals surface area contributed by atoms with Crippen molar-refractivity contribution in [2.75, 3.05) is 0 Å². The molecule has 0 saturated heterocycles. The predicted octanol–water partition coefficient (Wildman–Crippen LogP) is 4.09. The normalized spacial score (nSPS) is 10.8. The van der Waals surface area contributed by atoms with E-state index in [-0.39, 0.29) is 0 Å². The number of hydrogen-bond donors (Lipinski definition) is 0. The summed E-state index contributed by atoms with van der Waals surface area (Å²) in [5.74, 6) is 0. The van der Waals surface area contributed by atoms with Gasteiger partial charge < -0.3 is 0 Å². The molecule has 0 bridgehead atoms. The van der Waals surface area contributed by atoms with Crippen LogP contribution in [0.25, 0.3) is 0 Å². The van der Waals surface area contributed by atoms with Crippen LogP contribution in [-0.4, -0.2) is 5.29 Å². The molecule has 0 saturated carbocycles. The summed E-state index contributed by atoms with van der Waals surface area (Å²) in [7, 11) is 0. The van der Waals surface area contributed by atoms with Crippen LogP contribution >= 0.6 is 6.89 Å². The van der Waals surface area contributed by atoms with E-state index < -0.39 is 6.89 Å². The van der Waals surface area contributed by atoms with E-state index in [1.54, 1.807) is 0 Å². The predicted molar refractivity (Wildman–Crippen MR) is 106 cm³/mol. The Bertz CT molecular complexity index is 788. The second-order valence-corrected chi connectivity index (χ2v) is 9.02. The Balaban J connectivity index is 2.54. The molecule has 3 aromatic carbocycles. The number of hydrogen-bond acceptors (Lipinski definition) is 1. The Hall–Kier alpha value is -2.55. The van der Waals surface area contributed by atoms with Crippen molar-refractivity contribution in [1.82, 2.24) is 0 Å². The van der Waals surface area contributed by atoms with Gasteiger partial charge >= 0.3 is 0 Å². The van der Waals surface area contributed by atoms with Crippen LogP contribution in [0, 0.1) is 11.3 Å². The average Bonchev–Trinajstić information content (AvgIpc) is 2.68. The highest BCUT2D eigenvalue weighted by molar-refractivity contribution is 7.95. The summed E-state index contributed by atoms with van der Waals surface area (Å²) in [6.45, 7) is -0.0224. The van der Waals surface area contributed by atoms with Crippen LogP contribution in [0.5, 0.6) is 0 Å². The molecule has 0 aliphatic heterocycles. The van der Waals surface area contributed by atoms with Crippen molar-refractivity contribution in [2.24, 2.45) is 0 Å². The van der Waals surface area contributed by atoms with E-state index in [1.807, 2.05) is 18.2 Å². The molecule has 1 nitrogen and oxygen atoms in total. The molecule has 2 heteroatoms. The van der Waals surface area contributed by atoms with Crippen LogP contribution in [0.15, 0.2) is 91.0 Å². The van der Waals surface area contributed by atoms with Gasteiger partial charge in [-0.05, 0) is 29.2 Å². The zero-order valence-corrected chi connectivity index (χ0v) is 14.7. The van der Waals surface area contributed by atoms with E-state index in [0.29, 0.717) is 0 Å². The average molecular weight is 329 g/mol. The van der Waals surface area contributed by atoms with Crippen molar-refractivity contribution in [3.05, 3.63) is 91.0 Å². The maximum atomic E-state index is 9.99. The molecule has 0 aliphatic carbocycles. The van der Waals surface area contributed by atoms with Crippen LogP contribution in [-0.2, 0) is 0 Å². The Morgan fingerprint density at radius 3 is 1.29 bits per heavy atom. The van der Waals surface area contributed by atoms with Gasteiger partial charge in [0.05, 0.1) is 6.07 Å². The molecule has 0 aliphatic rings. The van der Waals surface area contributed by atoms with Crippen molar-refractivity contribution in [2.45, 2.75) is 13.3 Å². The third-order valence-electron chi connectivity index (χ3n) is 4.30. The fraction of sp³-hybridized carbons (Fsp3) is 0.0909. The van der Waals surface area contributed by atoms with Crippen molar-refractivity contribution in [1.29, 1.82) is 5.26 Å². The first-order chi connectivity index (χ1) is 11.8. The molecule has 24 heavy (non-hydrogen) atoms. The topological polar surface area (TPSA) is 23.8 Å². The Kier molecular flexibility index (Phi) is 4.99. The van der Waals surface area contributed by atoms with E-state index in [4.69, 9.17) is 0 Å². The first-order valence-electron chi connectivity index (χ1n) is 8.16. The third-order valence-corrected chi connectivity index (χ3v) is 8.74. The molecule has 0 unspecified atom stereocenters. The zero-order chi connectivity index (χ0) is 16.8. The Morgan fingerprint density at radius 2 is 1.04 bits per heavy atom. The van der Waals surface area contributed by atoms with Gasteiger partial charge in [0.1, 0.15) is 0 Å². The van der Waals surface area contributed by atoms with Crippen LogP contribution in [0.1, 0.15) is 13.3 Å². The largest absolute Gasteiger partial charge is 0.193 e. The summed E-state index contributed by atoms with van der Waals surface area (Å²) in [6, 6.07) is 34.1. The van der Waals surface area contributed by atoms with E-state index in [0.717, 1.165) is 11.7 Å². The van der Waals surface area contributed by atoms with Gasteiger partial charge in [0.25, 0.3) is 0 Å². The van der Waals surface area contributed by atoms with Gasteiger partial charge in [-0.2, -0.15) is 5.26 Å². The fourth-order valence-electron chi connectivity index (χ4n) is 3.26. The van der Waals surface area contributed by atoms with Crippen molar-refractivity contribution in [3.63, 3.8) is 0 Å². The molecule has 118 valence electrons. The van der Waals surface area contributed by atoms with E-state index in [2.05, 4.69) is 85.8 Å². The second-order valence-electron chi connectivity index (χ2n) is 5.59. The fourth-order valence-corrected chi connectivity index (χ4v) is 7.57. The molecule has 0 fully saturated rings. The molecular weight excluding hydrogens is 309 g/mol. The maximum Gasteiger partial charge on any atom is 0.0958 e. The van der Waals surface area contributed by atoms with Gasteiger partial charge in [-0.3, -0.25) is 0 Å². The zero-order valence-electron chi connectivity index (χ0n) is 13.8. The molecule has 0 radical (unpaired) electrons. The molecule has 3 aromatic rings. The summed E-state index contributed by atoms with van der Waals surface area (Å²) in [6.07, 6.45) is 0.753. The SMILES string of the molecule is CCC(C#N)=P(c1ccccc1)(c1ccccc1)c1ccccc1. The minimum atomic E-state index is -2.11. The Labute approximate surface area is 144 Å². The molecule has 0 aromatic heterocycles. The van der Waals surface area contributed by atoms with Gasteiger partial charge in [-0.15, -0.1) is 0 Å². The second kappa shape index (κ2) is 7.35. The van der Waals surface area contributed by atoms with Gasteiger partial charge in [0, 0.05) is 5.29 Å². The summed E-state index contributed by atoms with van der Waals surface area (Å²) in [5.41, 5.74) is 0. The van der Waals surface area contributed by atoms with Crippen LogP contribution in [0.4, 0.5) is 0 Å². The smallest absolute Gasteiger partial charge is 0.0958 e. The quantitative estimate of drug-likeness (QED) is 0.662. The molecule has 0 N–H and O–H groups in total. The number of benzene rings is 3. The lowest BCUT2D eigenvalue weighted by atomic mass is 10.3. The lowest BCUT2D eigenvalue weighted by Gasteiger charge is -2.30. The first-order valence-corrected chi connectivity index (χ1v) is 9.95. The van der Waals surface area contributed by atoms with Crippen molar-refractivity contribution < 1.29 is 0 Å². The minimum absolute atomic E-state index is 0.753. The summed E-state index contributed by atoms with van der Waals surface area (Å²) >= 11 is 0. The minimum Gasteiger partial charge on any atom is -0.193 e. The Morgan fingerprint density at radius 1 is 0.708 bits per heavy atom. The molecular formula is C22H20NP. The van der Waals surface area contributed by atoms with Gasteiger partial charge in [0.2, 0.25) is 0 Å².